The van der Waals surface area contributed by atoms with Crippen molar-refractivity contribution in [1.82, 2.24) is 5.32 Å². The molecular weight excluding hydrogens is 392 g/mol. The zero-order valence-corrected chi connectivity index (χ0v) is 16.1. The van der Waals surface area contributed by atoms with Crippen LogP contribution in [0.15, 0.2) is 12.1 Å². The maximum Gasteiger partial charge on any atom is 0.414 e. The summed E-state index contributed by atoms with van der Waals surface area (Å²) in [6.45, 7) is 0.124. The highest BCUT2D eigenvalue weighted by Crippen LogP contribution is 2.41. The minimum atomic E-state index is -0.711. The Morgan fingerprint density at radius 2 is 1.93 bits per heavy atom. The van der Waals surface area contributed by atoms with Gasteiger partial charge in [-0.1, -0.05) is 0 Å². The van der Waals surface area contributed by atoms with Crippen LogP contribution in [0.3, 0.4) is 0 Å². The van der Waals surface area contributed by atoms with E-state index in [1.165, 1.54) is 24.1 Å². The number of alkyl carbamates (subject to hydrolysis) is 1. The van der Waals surface area contributed by atoms with Crippen LogP contribution in [-0.2, 0) is 9.47 Å². The summed E-state index contributed by atoms with van der Waals surface area (Å²) >= 11 is 1.82. The second-order valence-electron chi connectivity index (χ2n) is 7.08. The van der Waals surface area contributed by atoms with Gasteiger partial charge < -0.3 is 19.7 Å². The van der Waals surface area contributed by atoms with Crippen molar-refractivity contribution in [2.45, 2.75) is 31.0 Å². The van der Waals surface area contributed by atoms with Gasteiger partial charge in [0.2, 0.25) is 0 Å². The SMILES string of the molecule is COC(=O)NC[C@H]1CN(c2cc(F)c(N3[C@@H]4CC[C@H]3CSC4)c(F)c2)C(=O)O1. The molecule has 1 aromatic carbocycles. The molecule has 3 aliphatic rings. The lowest BCUT2D eigenvalue weighted by molar-refractivity contribution is 0.132. The van der Waals surface area contributed by atoms with E-state index in [9.17, 15) is 18.4 Å². The molecule has 0 radical (unpaired) electrons. The quantitative estimate of drug-likeness (QED) is 0.819. The van der Waals surface area contributed by atoms with Crippen LogP contribution >= 0.6 is 11.8 Å². The van der Waals surface area contributed by atoms with Gasteiger partial charge in [0.25, 0.3) is 0 Å². The average Bonchev–Trinajstić information content (AvgIpc) is 3.14. The Kier molecular flexibility index (Phi) is 5.22. The second-order valence-corrected chi connectivity index (χ2v) is 8.15. The molecule has 0 aromatic heterocycles. The smallest absolute Gasteiger partial charge is 0.414 e. The van der Waals surface area contributed by atoms with E-state index in [1.54, 1.807) is 0 Å². The van der Waals surface area contributed by atoms with Crippen LogP contribution in [-0.4, -0.2) is 62.1 Å². The molecule has 3 aliphatic heterocycles. The number of cyclic esters (lactones) is 1. The van der Waals surface area contributed by atoms with Crippen molar-refractivity contribution in [3.63, 3.8) is 0 Å². The maximum absolute atomic E-state index is 14.9. The molecule has 7 nitrogen and oxygen atoms in total. The summed E-state index contributed by atoms with van der Waals surface area (Å²) < 4.78 is 39.4. The van der Waals surface area contributed by atoms with Gasteiger partial charge in [-0.25, -0.2) is 18.4 Å². The molecule has 2 amide bonds. The van der Waals surface area contributed by atoms with Crippen LogP contribution in [0.5, 0.6) is 0 Å². The molecule has 152 valence electrons. The molecule has 0 saturated carbocycles. The molecule has 4 rings (SSSR count). The first-order valence-electron chi connectivity index (χ1n) is 9.13. The molecule has 2 bridgehead atoms. The van der Waals surface area contributed by atoms with E-state index >= 15 is 0 Å². The number of carbonyl (C=O) groups excluding carboxylic acids is 2. The van der Waals surface area contributed by atoms with Crippen molar-refractivity contribution in [3.05, 3.63) is 23.8 Å². The highest BCUT2D eigenvalue weighted by molar-refractivity contribution is 7.99. The van der Waals surface area contributed by atoms with Crippen LogP contribution in [0.4, 0.5) is 29.7 Å². The zero-order valence-electron chi connectivity index (χ0n) is 15.3. The Morgan fingerprint density at radius 3 is 2.54 bits per heavy atom. The molecule has 3 atom stereocenters. The highest BCUT2D eigenvalue weighted by atomic mass is 32.2. The van der Waals surface area contributed by atoms with Gasteiger partial charge in [-0.15, -0.1) is 0 Å². The summed E-state index contributed by atoms with van der Waals surface area (Å²) in [6, 6.07) is 2.64. The molecule has 0 unspecified atom stereocenters. The third-order valence-corrected chi connectivity index (χ3v) is 6.59. The number of hydrogen-bond acceptors (Lipinski definition) is 6. The summed E-state index contributed by atoms with van der Waals surface area (Å²) in [7, 11) is 1.22. The largest absolute Gasteiger partial charge is 0.453 e. The number of carbonyl (C=O) groups is 2. The normalized spacial score (nSPS) is 26.4. The molecular formula is C18H21F2N3O4S. The lowest BCUT2D eigenvalue weighted by atomic mass is 10.2. The van der Waals surface area contributed by atoms with Gasteiger partial charge in [0.15, 0.2) is 11.6 Å². The first kappa shape index (κ1) is 19.1. The Bertz CT molecular complexity index is 757. The van der Waals surface area contributed by atoms with Crippen LogP contribution < -0.4 is 15.1 Å². The Morgan fingerprint density at radius 1 is 1.29 bits per heavy atom. The third-order valence-electron chi connectivity index (χ3n) is 5.35. The van der Waals surface area contributed by atoms with Crippen molar-refractivity contribution >= 4 is 35.3 Å². The van der Waals surface area contributed by atoms with E-state index in [1.807, 2.05) is 16.7 Å². The number of methoxy groups -OCH3 is 1. The Labute approximate surface area is 165 Å². The summed E-state index contributed by atoms with van der Waals surface area (Å²) in [4.78, 5) is 26.3. The first-order valence-corrected chi connectivity index (χ1v) is 10.3. The number of ether oxygens (including phenoxy) is 2. The van der Waals surface area contributed by atoms with Crippen LogP contribution in [0.1, 0.15) is 12.8 Å². The number of thioether (sulfide) groups is 1. The number of nitrogens with one attached hydrogen (secondary N) is 1. The summed E-state index contributed by atoms with van der Waals surface area (Å²) in [6.07, 6.45) is -0.118. The molecule has 1 N–H and O–H groups in total. The van der Waals surface area contributed by atoms with E-state index < -0.39 is 29.9 Å². The lowest BCUT2D eigenvalue weighted by Gasteiger charge is -2.37. The van der Waals surface area contributed by atoms with Crippen molar-refractivity contribution in [2.75, 3.05) is 41.5 Å². The Balaban J connectivity index is 1.52. The topological polar surface area (TPSA) is 71.1 Å². The fraction of sp³-hybridized carbons (Fsp3) is 0.556. The average molecular weight is 413 g/mol. The van der Waals surface area contributed by atoms with Gasteiger partial charge in [-0.2, -0.15) is 11.8 Å². The second kappa shape index (κ2) is 7.65. The van der Waals surface area contributed by atoms with E-state index in [-0.39, 0.29) is 36.5 Å². The monoisotopic (exact) mass is 413 g/mol. The van der Waals surface area contributed by atoms with E-state index in [2.05, 4.69) is 10.1 Å². The molecule has 1 aromatic rings. The van der Waals surface area contributed by atoms with Gasteiger partial charge in [0.1, 0.15) is 11.8 Å². The standard InChI is InChI=1S/C18H21F2N3O4S/c1-26-17(24)21-6-13-7-22(18(25)27-13)12-4-14(19)16(15(20)5-12)23-10-2-3-11(23)9-28-8-10/h4-5,10-11,13H,2-3,6-9H2,1H3,(H,21,24)/t10-,11+,13-/m0/s1. The maximum atomic E-state index is 14.9. The van der Waals surface area contributed by atoms with E-state index in [0.717, 1.165) is 24.3 Å². The van der Waals surface area contributed by atoms with Crippen LogP contribution in [0, 0.1) is 11.6 Å². The minimum absolute atomic E-state index is 0.00646. The third kappa shape index (κ3) is 3.45. The first-order chi connectivity index (χ1) is 13.5. The predicted octanol–water partition coefficient (Wildman–Crippen LogP) is 2.73. The van der Waals surface area contributed by atoms with Crippen LogP contribution in [0.25, 0.3) is 0 Å². The number of amides is 2. The number of anilines is 2. The molecule has 28 heavy (non-hydrogen) atoms. The fourth-order valence-electron chi connectivity index (χ4n) is 4.06. The molecule has 0 spiro atoms. The predicted molar refractivity (Wildman–Crippen MR) is 101 cm³/mol. The van der Waals surface area contributed by atoms with E-state index in [0.29, 0.717) is 0 Å². The molecule has 3 fully saturated rings. The van der Waals surface area contributed by atoms with Crippen molar-refractivity contribution in [1.29, 1.82) is 0 Å². The molecule has 0 aliphatic carbocycles. The summed E-state index contributed by atoms with van der Waals surface area (Å²) in [5.41, 5.74) is 0.0936. The molecule has 3 saturated heterocycles. The van der Waals surface area contributed by atoms with Crippen molar-refractivity contribution < 1.29 is 27.8 Å². The van der Waals surface area contributed by atoms with Gasteiger partial charge in [-0.05, 0) is 12.8 Å². The summed E-state index contributed by atoms with van der Waals surface area (Å²) in [5, 5.41) is 2.44. The number of fused-ring (bicyclic) bond motifs is 2. The van der Waals surface area contributed by atoms with Crippen molar-refractivity contribution in [3.8, 4) is 0 Å². The van der Waals surface area contributed by atoms with Crippen molar-refractivity contribution in [2.24, 2.45) is 0 Å². The summed E-state index contributed by atoms with van der Waals surface area (Å²) in [5.74, 6) is 0.375. The molecule has 3 heterocycles. The van der Waals surface area contributed by atoms with Gasteiger partial charge in [0, 0.05) is 35.7 Å². The number of nitrogens with zero attached hydrogens (tertiary/aromatic N) is 2. The zero-order chi connectivity index (χ0) is 19.8. The van der Waals surface area contributed by atoms with Gasteiger partial charge >= 0.3 is 12.2 Å². The Hall–Kier alpha value is -2.23. The number of hydrogen-bond donors (Lipinski definition) is 1. The number of rotatable bonds is 4. The highest BCUT2D eigenvalue weighted by Gasteiger charge is 2.40. The molecule has 10 heteroatoms. The van der Waals surface area contributed by atoms with Crippen LogP contribution in [0.2, 0.25) is 0 Å². The fourth-order valence-corrected chi connectivity index (χ4v) is 5.39. The van der Waals surface area contributed by atoms with E-state index in [4.69, 9.17) is 4.74 Å². The number of halogens is 2. The van der Waals surface area contributed by atoms with Gasteiger partial charge in [0.05, 0.1) is 25.9 Å². The minimum Gasteiger partial charge on any atom is -0.453 e. The number of benzene rings is 1. The van der Waals surface area contributed by atoms with Gasteiger partial charge in [-0.3, -0.25) is 4.90 Å². The lowest BCUT2D eigenvalue weighted by Crippen LogP contribution is -2.43.